The molecule has 1 aliphatic carbocycles. The Kier molecular flexibility index (Phi) is 11.3. The van der Waals surface area contributed by atoms with Crippen molar-refractivity contribution >= 4 is 35.8 Å². The maximum Gasteiger partial charge on any atom is 0.251 e. The van der Waals surface area contributed by atoms with Gasteiger partial charge in [-0.25, -0.2) is 0 Å². The Morgan fingerprint density at radius 3 is 2.42 bits per heavy atom. The molecular formula is C20H33IN4O. The second-order valence-corrected chi connectivity index (χ2v) is 6.71. The molecule has 2 rings (SSSR count). The lowest BCUT2D eigenvalue weighted by Crippen LogP contribution is -2.43. The molecule has 146 valence electrons. The fourth-order valence-electron chi connectivity index (χ4n) is 3.08. The average Bonchev–Trinajstić information content (AvgIpc) is 2.66. The van der Waals surface area contributed by atoms with Gasteiger partial charge in [-0.15, -0.1) is 24.0 Å². The molecule has 0 heterocycles. The SMILES string of the molecule is CCCCNC(=O)c1ccc(CNC(=NC)NC2CCCCC2)cc1.I. The van der Waals surface area contributed by atoms with E-state index in [0.29, 0.717) is 18.2 Å². The molecule has 1 aromatic carbocycles. The van der Waals surface area contributed by atoms with E-state index in [0.717, 1.165) is 30.9 Å². The number of carbonyl (C=O) groups excluding carboxylic acids is 1. The van der Waals surface area contributed by atoms with E-state index in [4.69, 9.17) is 0 Å². The zero-order chi connectivity index (χ0) is 17.9. The van der Waals surface area contributed by atoms with Gasteiger partial charge < -0.3 is 16.0 Å². The predicted octanol–water partition coefficient (Wildman–Crippen LogP) is 3.83. The quantitative estimate of drug-likeness (QED) is 0.245. The fraction of sp³-hybridized carbons (Fsp3) is 0.600. The van der Waals surface area contributed by atoms with E-state index >= 15 is 0 Å². The first-order valence-corrected chi connectivity index (χ1v) is 9.57. The summed E-state index contributed by atoms with van der Waals surface area (Å²) in [5, 5.41) is 9.81. The standard InChI is InChI=1S/C20H32N4O.HI/c1-3-4-14-22-19(25)17-12-10-16(11-13-17)15-23-20(21-2)24-18-8-6-5-7-9-18;/h10-13,18H,3-9,14-15H2,1-2H3,(H,22,25)(H2,21,23,24);1H. The molecule has 3 N–H and O–H groups in total. The van der Waals surface area contributed by atoms with Crippen molar-refractivity contribution < 1.29 is 4.79 Å². The van der Waals surface area contributed by atoms with E-state index in [1.54, 1.807) is 0 Å². The summed E-state index contributed by atoms with van der Waals surface area (Å²) >= 11 is 0. The fourth-order valence-corrected chi connectivity index (χ4v) is 3.08. The van der Waals surface area contributed by atoms with Crippen LogP contribution in [0.4, 0.5) is 0 Å². The van der Waals surface area contributed by atoms with E-state index in [9.17, 15) is 4.79 Å². The number of amides is 1. The van der Waals surface area contributed by atoms with Crippen molar-refractivity contribution in [2.45, 2.75) is 64.5 Å². The number of halogens is 1. The molecule has 1 amide bonds. The molecule has 6 heteroatoms. The number of hydrogen-bond donors (Lipinski definition) is 3. The summed E-state index contributed by atoms with van der Waals surface area (Å²) in [6, 6.07) is 8.30. The summed E-state index contributed by atoms with van der Waals surface area (Å²) in [7, 11) is 1.81. The van der Waals surface area contributed by atoms with Gasteiger partial charge in [0.1, 0.15) is 0 Å². The number of rotatable bonds is 7. The van der Waals surface area contributed by atoms with Crippen molar-refractivity contribution in [1.29, 1.82) is 0 Å². The summed E-state index contributed by atoms with van der Waals surface area (Å²) in [6.45, 7) is 3.55. The molecular weight excluding hydrogens is 439 g/mol. The van der Waals surface area contributed by atoms with Gasteiger partial charge in [0.15, 0.2) is 5.96 Å². The topological polar surface area (TPSA) is 65.5 Å². The first kappa shape index (κ1) is 22.7. The molecule has 1 aromatic rings. The average molecular weight is 472 g/mol. The Hall–Kier alpha value is -1.31. The van der Waals surface area contributed by atoms with Crippen LogP contribution >= 0.6 is 24.0 Å². The van der Waals surface area contributed by atoms with Crippen LogP contribution in [-0.2, 0) is 6.54 Å². The minimum Gasteiger partial charge on any atom is -0.354 e. The molecule has 26 heavy (non-hydrogen) atoms. The summed E-state index contributed by atoms with van der Waals surface area (Å²) in [5.74, 6) is 0.857. The highest BCUT2D eigenvalue weighted by atomic mass is 127. The van der Waals surface area contributed by atoms with Crippen molar-refractivity contribution in [1.82, 2.24) is 16.0 Å². The van der Waals surface area contributed by atoms with Crippen molar-refractivity contribution in [3.63, 3.8) is 0 Å². The number of nitrogens with one attached hydrogen (secondary N) is 3. The van der Waals surface area contributed by atoms with Crippen molar-refractivity contribution in [2.75, 3.05) is 13.6 Å². The minimum atomic E-state index is 0. The van der Waals surface area contributed by atoms with Crippen molar-refractivity contribution in [2.24, 2.45) is 4.99 Å². The maximum atomic E-state index is 12.0. The molecule has 0 aromatic heterocycles. The number of guanidine groups is 1. The summed E-state index contributed by atoms with van der Waals surface area (Å²) in [4.78, 5) is 16.3. The largest absolute Gasteiger partial charge is 0.354 e. The second kappa shape index (κ2) is 12.9. The van der Waals surface area contributed by atoms with Crippen LogP contribution in [0.25, 0.3) is 0 Å². The molecule has 0 saturated heterocycles. The van der Waals surface area contributed by atoms with Gasteiger partial charge in [0.2, 0.25) is 0 Å². The van der Waals surface area contributed by atoms with Gasteiger partial charge in [0, 0.05) is 31.7 Å². The number of carbonyl (C=O) groups is 1. The molecule has 0 radical (unpaired) electrons. The third kappa shape index (κ3) is 7.93. The van der Waals surface area contributed by atoms with Crippen LogP contribution in [0.3, 0.4) is 0 Å². The van der Waals surface area contributed by atoms with Gasteiger partial charge in [-0.2, -0.15) is 0 Å². The maximum absolute atomic E-state index is 12.0. The Bertz CT molecular complexity index is 553. The number of benzene rings is 1. The lowest BCUT2D eigenvalue weighted by atomic mass is 9.96. The summed E-state index contributed by atoms with van der Waals surface area (Å²) in [5.41, 5.74) is 1.85. The number of aliphatic imine (C=N–C) groups is 1. The lowest BCUT2D eigenvalue weighted by molar-refractivity contribution is 0.0953. The molecule has 1 fully saturated rings. The molecule has 0 unspecified atom stereocenters. The van der Waals surface area contributed by atoms with E-state index in [1.165, 1.54) is 32.1 Å². The molecule has 5 nitrogen and oxygen atoms in total. The molecule has 0 bridgehead atoms. The van der Waals surface area contributed by atoms with Gasteiger partial charge in [-0.3, -0.25) is 9.79 Å². The smallest absolute Gasteiger partial charge is 0.251 e. The van der Waals surface area contributed by atoms with E-state index < -0.39 is 0 Å². The van der Waals surface area contributed by atoms with Crippen LogP contribution in [0.15, 0.2) is 29.3 Å². The number of unbranched alkanes of at least 4 members (excludes halogenated alkanes) is 1. The second-order valence-electron chi connectivity index (χ2n) is 6.71. The van der Waals surface area contributed by atoms with Crippen molar-refractivity contribution in [3.8, 4) is 0 Å². The van der Waals surface area contributed by atoms with Gasteiger partial charge in [-0.1, -0.05) is 44.7 Å². The highest BCUT2D eigenvalue weighted by Crippen LogP contribution is 2.17. The van der Waals surface area contributed by atoms with E-state index in [1.807, 2.05) is 31.3 Å². The number of nitrogens with zero attached hydrogens (tertiary/aromatic N) is 1. The van der Waals surface area contributed by atoms with Crippen LogP contribution < -0.4 is 16.0 Å². The van der Waals surface area contributed by atoms with Gasteiger partial charge in [0.05, 0.1) is 0 Å². The molecule has 1 aliphatic rings. The van der Waals surface area contributed by atoms with Gasteiger partial charge in [-0.05, 0) is 37.0 Å². The normalized spacial score (nSPS) is 15.1. The Morgan fingerprint density at radius 1 is 1.12 bits per heavy atom. The van der Waals surface area contributed by atoms with Gasteiger partial charge in [0.25, 0.3) is 5.91 Å². The van der Waals surface area contributed by atoms with Crippen molar-refractivity contribution in [3.05, 3.63) is 35.4 Å². The molecule has 0 spiro atoms. The first-order valence-electron chi connectivity index (χ1n) is 9.57. The minimum absolute atomic E-state index is 0. The monoisotopic (exact) mass is 472 g/mol. The Labute approximate surface area is 174 Å². The zero-order valence-corrected chi connectivity index (χ0v) is 18.3. The molecule has 1 saturated carbocycles. The van der Waals surface area contributed by atoms with Crippen LogP contribution in [-0.4, -0.2) is 31.5 Å². The van der Waals surface area contributed by atoms with Crippen LogP contribution in [0.1, 0.15) is 67.8 Å². The van der Waals surface area contributed by atoms with E-state index in [-0.39, 0.29) is 29.9 Å². The number of hydrogen-bond acceptors (Lipinski definition) is 2. The highest BCUT2D eigenvalue weighted by molar-refractivity contribution is 14.0. The van der Waals surface area contributed by atoms with Crippen LogP contribution in [0, 0.1) is 0 Å². The lowest BCUT2D eigenvalue weighted by Gasteiger charge is -2.24. The predicted molar refractivity (Wildman–Crippen MR) is 119 cm³/mol. The zero-order valence-electron chi connectivity index (χ0n) is 16.0. The van der Waals surface area contributed by atoms with Gasteiger partial charge >= 0.3 is 0 Å². The molecule has 0 aliphatic heterocycles. The highest BCUT2D eigenvalue weighted by Gasteiger charge is 2.14. The third-order valence-corrected chi connectivity index (χ3v) is 4.66. The van der Waals surface area contributed by atoms with Crippen LogP contribution in [0.5, 0.6) is 0 Å². The Balaban J connectivity index is 0.00000338. The Morgan fingerprint density at radius 2 is 1.81 bits per heavy atom. The third-order valence-electron chi connectivity index (χ3n) is 4.66. The summed E-state index contributed by atoms with van der Waals surface area (Å²) in [6.07, 6.45) is 8.50. The summed E-state index contributed by atoms with van der Waals surface area (Å²) < 4.78 is 0. The van der Waals surface area contributed by atoms with E-state index in [2.05, 4.69) is 27.9 Å². The van der Waals surface area contributed by atoms with Crippen LogP contribution in [0.2, 0.25) is 0 Å². The molecule has 0 atom stereocenters. The first-order chi connectivity index (χ1) is 12.2.